The van der Waals surface area contributed by atoms with Gasteiger partial charge in [-0.15, -0.1) is 0 Å². The fraction of sp³-hybridized carbons (Fsp3) is 0.150. The molecule has 0 saturated heterocycles. The molecule has 0 bridgehead atoms. The zero-order valence-electron chi connectivity index (χ0n) is 15.0. The summed E-state index contributed by atoms with van der Waals surface area (Å²) in [7, 11) is 1.57. The van der Waals surface area contributed by atoms with Crippen molar-refractivity contribution < 1.29 is 9.53 Å². The number of anilines is 1. The van der Waals surface area contributed by atoms with E-state index in [4.69, 9.17) is 4.74 Å². The summed E-state index contributed by atoms with van der Waals surface area (Å²) in [5.41, 5.74) is 2.22. The average molecular weight is 381 g/mol. The largest absolute Gasteiger partial charge is 0.497 e. The first-order valence-corrected chi connectivity index (χ1v) is 9.27. The third-order valence-corrected chi connectivity index (χ3v) is 4.74. The van der Waals surface area contributed by atoms with Gasteiger partial charge in [0.15, 0.2) is 5.03 Å². The summed E-state index contributed by atoms with van der Waals surface area (Å²) in [6, 6.07) is 14.7. The predicted octanol–water partition coefficient (Wildman–Crippen LogP) is 3.28. The van der Waals surface area contributed by atoms with Gasteiger partial charge in [0.05, 0.1) is 12.9 Å². The second-order valence-corrected chi connectivity index (χ2v) is 6.78. The number of aromatic nitrogens is 2. The fourth-order valence-electron chi connectivity index (χ4n) is 2.51. The molecule has 3 aromatic rings. The number of rotatable bonds is 6. The van der Waals surface area contributed by atoms with Gasteiger partial charge >= 0.3 is 0 Å². The number of amides is 1. The molecule has 0 aliphatic heterocycles. The summed E-state index contributed by atoms with van der Waals surface area (Å²) >= 11 is 1.11. The van der Waals surface area contributed by atoms with E-state index in [1.54, 1.807) is 43.8 Å². The topological polar surface area (TPSA) is 73.2 Å². The number of ether oxygens (including phenoxy) is 1. The molecular weight excluding hydrogens is 362 g/mol. The Balaban J connectivity index is 1.70. The summed E-state index contributed by atoms with van der Waals surface area (Å²) in [6.45, 7) is 1.97. The van der Waals surface area contributed by atoms with Crippen LogP contribution >= 0.6 is 11.8 Å². The van der Waals surface area contributed by atoms with Gasteiger partial charge in [0, 0.05) is 29.8 Å². The number of benzene rings is 2. The molecule has 2 aromatic carbocycles. The zero-order valence-corrected chi connectivity index (χ0v) is 15.8. The van der Waals surface area contributed by atoms with Crippen LogP contribution in [0.3, 0.4) is 0 Å². The van der Waals surface area contributed by atoms with E-state index in [1.165, 1.54) is 4.57 Å². The van der Waals surface area contributed by atoms with Crippen LogP contribution in [-0.2, 0) is 4.79 Å². The number of aryl methyl sites for hydroxylation is 1. The third kappa shape index (κ3) is 4.77. The van der Waals surface area contributed by atoms with E-state index in [1.807, 2.05) is 31.2 Å². The quantitative estimate of drug-likeness (QED) is 0.664. The van der Waals surface area contributed by atoms with Gasteiger partial charge in [0.25, 0.3) is 5.56 Å². The highest BCUT2D eigenvalue weighted by atomic mass is 32.2. The SMILES string of the molecule is COc1cccc(NC(=O)CSc2nccn(-c3cccc(C)c3)c2=O)c1. The van der Waals surface area contributed by atoms with Crippen molar-refractivity contribution in [3.8, 4) is 11.4 Å². The van der Waals surface area contributed by atoms with Gasteiger partial charge in [-0.3, -0.25) is 14.2 Å². The van der Waals surface area contributed by atoms with E-state index in [-0.39, 0.29) is 22.2 Å². The number of carbonyl (C=O) groups excluding carboxylic acids is 1. The molecule has 0 fully saturated rings. The maximum atomic E-state index is 12.7. The lowest BCUT2D eigenvalue weighted by molar-refractivity contribution is -0.113. The van der Waals surface area contributed by atoms with E-state index >= 15 is 0 Å². The number of methoxy groups -OCH3 is 1. The Morgan fingerprint density at radius 3 is 2.81 bits per heavy atom. The fourth-order valence-corrected chi connectivity index (χ4v) is 3.20. The zero-order chi connectivity index (χ0) is 19.2. The second-order valence-electron chi connectivity index (χ2n) is 5.82. The van der Waals surface area contributed by atoms with E-state index in [9.17, 15) is 9.59 Å². The van der Waals surface area contributed by atoms with Gasteiger partial charge in [-0.05, 0) is 36.8 Å². The van der Waals surface area contributed by atoms with Gasteiger partial charge < -0.3 is 10.1 Å². The van der Waals surface area contributed by atoms with Gasteiger partial charge in [-0.2, -0.15) is 0 Å². The number of nitrogens with zero attached hydrogens (tertiary/aromatic N) is 2. The number of carbonyl (C=O) groups is 1. The Morgan fingerprint density at radius 2 is 2.04 bits per heavy atom. The molecule has 3 rings (SSSR count). The number of hydrogen-bond acceptors (Lipinski definition) is 5. The Hall–Kier alpha value is -3.06. The normalized spacial score (nSPS) is 10.4. The van der Waals surface area contributed by atoms with Crippen LogP contribution in [0.4, 0.5) is 5.69 Å². The molecule has 1 N–H and O–H groups in total. The first-order chi connectivity index (χ1) is 13.1. The van der Waals surface area contributed by atoms with Crippen molar-refractivity contribution in [1.29, 1.82) is 0 Å². The van der Waals surface area contributed by atoms with Gasteiger partial charge in [0.1, 0.15) is 5.75 Å². The summed E-state index contributed by atoms with van der Waals surface area (Å²) in [5.74, 6) is 0.517. The first kappa shape index (κ1) is 18.7. The summed E-state index contributed by atoms with van der Waals surface area (Å²) in [4.78, 5) is 29.0. The van der Waals surface area contributed by atoms with Gasteiger partial charge in [-0.25, -0.2) is 4.98 Å². The van der Waals surface area contributed by atoms with Crippen LogP contribution in [0.15, 0.2) is 70.7 Å². The molecule has 138 valence electrons. The first-order valence-electron chi connectivity index (χ1n) is 8.28. The van der Waals surface area contributed by atoms with Crippen molar-refractivity contribution in [2.45, 2.75) is 11.9 Å². The van der Waals surface area contributed by atoms with Crippen molar-refractivity contribution in [3.05, 3.63) is 76.8 Å². The average Bonchev–Trinajstić information content (AvgIpc) is 2.67. The van der Waals surface area contributed by atoms with Crippen molar-refractivity contribution in [2.75, 3.05) is 18.2 Å². The molecule has 7 heteroatoms. The maximum absolute atomic E-state index is 12.7. The second kappa shape index (κ2) is 8.55. The standard InChI is InChI=1S/C20H19N3O3S/c1-14-5-3-7-16(11-14)23-10-9-21-19(20(23)25)27-13-18(24)22-15-6-4-8-17(12-15)26-2/h3-12H,13H2,1-2H3,(H,22,24). The van der Waals surface area contributed by atoms with E-state index < -0.39 is 0 Å². The maximum Gasteiger partial charge on any atom is 0.287 e. The molecule has 0 aliphatic carbocycles. The molecule has 1 amide bonds. The lowest BCUT2D eigenvalue weighted by Crippen LogP contribution is -2.22. The van der Waals surface area contributed by atoms with E-state index in [0.29, 0.717) is 11.4 Å². The van der Waals surface area contributed by atoms with E-state index in [2.05, 4.69) is 10.3 Å². The Morgan fingerprint density at radius 1 is 1.22 bits per heavy atom. The smallest absolute Gasteiger partial charge is 0.287 e. The number of nitrogens with one attached hydrogen (secondary N) is 1. The molecule has 1 aromatic heterocycles. The van der Waals surface area contributed by atoms with Crippen molar-refractivity contribution >= 4 is 23.4 Å². The Labute approximate surface area is 161 Å². The summed E-state index contributed by atoms with van der Waals surface area (Å²) in [6.07, 6.45) is 3.18. The highest BCUT2D eigenvalue weighted by molar-refractivity contribution is 7.99. The Bertz CT molecular complexity index is 1020. The van der Waals surface area contributed by atoms with Crippen molar-refractivity contribution in [1.82, 2.24) is 9.55 Å². The van der Waals surface area contributed by atoms with Gasteiger partial charge in [-0.1, -0.05) is 30.0 Å². The van der Waals surface area contributed by atoms with Crippen LogP contribution in [0.2, 0.25) is 0 Å². The molecule has 0 unspecified atom stereocenters. The monoisotopic (exact) mass is 381 g/mol. The highest BCUT2D eigenvalue weighted by Crippen LogP contribution is 2.18. The third-order valence-electron chi connectivity index (χ3n) is 3.78. The minimum atomic E-state index is -0.248. The van der Waals surface area contributed by atoms with Crippen LogP contribution in [0.5, 0.6) is 5.75 Å². The lowest BCUT2D eigenvalue weighted by atomic mass is 10.2. The van der Waals surface area contributed by atoms with Crippen molar-refractivity contribution in [2.24, 2.45) is 0 Å². The molecule has 0 saturated carbocycles. The molecular formula is C20H19N3O3S. The molecule has 1 heterocycles. The molecule has 0 atom stereocenters. The van der Waals surface area contributed by atoms with Crippen LogP contribution in [0, 0.1) is 6.92 Å². The minimum Gasteiger partial charge on any atom is -0.497 e. The minimum absolute atomic E-state index is 0.0806. The van der Waals surface area contributed by atoms with E-state index in [0.717, 1.165) is 23.0 Å². The molecule has 0 radical (unpaired) electrons. The van der Waals surface area contributed by atoms with Crippen LogP contribution < -0.4 is 15.6 Å². The molecule has 6 nitrogen and oxygen atoms in total. The molecule has 0 spiro atoms. The van der Waals surface area contributed by atoms with Crippen LogP contribution in [0.25, 0.3) is 5.69 Å². The molecule has 27 heavy (non-hydrogen) atoms. The predicted molar refractivity (Wildman–Crippen MR) is 107 cm³/mol. The lowest BCUT2D eigenvalue weighted by Gasteiger charge is -2.09. The Kier molecular flexibility index (Phi) is 5.93. The van der Waals surface area contributed by atoms with Gasteiger partial charge in [0.2, 0.25) is 5.91 Å². The molecule has 0 aliphatic rings. The number of thioether (sulfide) groups is 1. The van der Waals surface area contributed by atoms with Crippen LogP contribution in [0.1, 0.15) is 5.56 Å². The summed E-state index contributed by atoms with van der Waals surface area (Å²) in [5, 5.41) is 3.06. The number of hydrogen-bond donors (Lipinski definition) is 1. The van der Waals surface area contributed by atoms with Crippen LogP contribution in [-0.4, -0.2) is 28.3 Å². The summed E-state index contributed by atoms with van der Waals surface area (Å²) < 4.78 is 6.66. The van der Waals surface area contributed by atoms with Crippen molar-refractivity contribution in [3.63, 3.8) is 0 Å². The highest BCUT2D eigenvalue weighted by Gasteiger charge is 2.10.